The van der Waals surface area contributed by atoms with Crippen LogP contribution in [0.1, 0.15) is 16.5 Å². The fraction of sp³-hybridized carbons (Fsp3) is 0.0909. The number of benzene rings is 1. The van der Waals surface area contributed by atoms with Gasteiger partial charge in [-0.3, -0.25) is 0 Å². The minimum absolute atomic E-state index is 0.243. The van der Waals surface area contributed by atoms with E-state index in [0.717, 1.165) is 4.47 Å². The molecule has 2 aromatic rings. The number of halogens is 3. The summed E-state index contributed by atoms with van der Waals surface area (Å²) < 4.78 is 14.2. The van der Waals surface area contributed by atoms with E-state index < -0.39 is 11.9 Å². The van der Waals surface area contributed by atoms with Crippen LogP contribution in [-0.4, -0.2) is 5.11 Å². The lowest BCUT2D eigenvalue weighted by Gasteiger charge is -2.10. The molecule has 1 heterocycles. The van der Waals surface area contributed by atoms with E-state index in [-0.39, 0.29) is 5.56 Å². The van der Waals surface area contributed by atoms with Gasteiger partial charge in [-0.2, -0.15) is 0 Å². The normalized spacial score (nSPS) is 12.8. The second kappa shape index (κ2) is 4.84. The summed E-state index contributed by atoms with van der Waals surface area (Å²) in [7, 11) is 0. The molecule has 0 saturated heterocycles. The van der Waals surface area contributed by atoms with Crippen LogP contribution in [0.25, 0.3) is 0 Å². The maximum absolute atomic E-state index is 13.5. The molecular formula is C11H7BrClFOS. The summed E-state index contributed by atoms with van der Waals surface area (Å²) in [6.45, 7) is 0. The van der Waals surface area contributed by atoms with Crippen molar-refractivity contribution in [3.63, 3.8) is 0 Å². The number of aliphatic hydroxyl groups is 1. The van der Waals surface area contributed by atoms with Gasteiger partial charge in [-0.05, 0) is 24.3 Å². The number of aliphatic hydroxyl groups excluding tert-OH is 1. The first-order valence-electron chi connectivity index (χ1n) is 4.45. The van der Waals surface area contributed by atoms with Crippen molar-refractivity contribution in [1.29, 1.82) is 0 Å². The van der Waals surface area contributed by atoms with Crippen LogP contribution >= 0.6 is 38.9 Å². The Morgan fingerprint density at radius 3 is 2.75 bits per heavy atom. The van der Waals surface area contributed by atoms with E-state index in [1.165, 1.54) is 17.4 Å². The molecule has 0 spiro atoms. The van der Waals surface area contributed by atoms with Crippen LogP contribution < -0.4 is 0 Å². The third kappa shape index (κ3) is 2.46. The Hall–Kier alpha value is -0.420. The highest BCUT2D eigenvalue weighted by Crippen LogP contribution is 2.32. The summed E-state index contributed by atoms with van der Waals surface area (Å²) >= 11 is 10.3. The van der Waals surface area contributed by atoms with Crippen molar-refractivity contribution in [2.24, 2.45) is 0 Å². The molecular weight excluding hydrogens is 315 g/mol. The summed E-state index contributed by atoms with van der Waals surface area (Å²) in [5, 5.41) is 12.3. The first-order valence-corrected chi connectivity index (χ1v) is 6.50. The second-order valence-electron chi connectivity index (χ2n) is 3.24. The molecule has 0 aliphatic carbocycles. The van der Waals surface area contributed by atoms with Crippen LogP contribution in [0, 0.1) is 5.82 Å². The van der Waals surface area contributed by atoms with Crippen LogP contribution in [0.15, 0.2) is 34.1 Å². The molecule has 1 aromatic heterocycles. The van der Waals surface area contributed by atoms with E-state index in [2.05, 4.69) is 15.9 Å². The molecule has 1 aromatic carbocycles. The molecule has 0 bridgehead atoms. The molecule has 5 heteroatoms. The predicted molar refractivity (Wildman–Crippen MR) is 67.5 cm³/mol. The van der Waals surface area contributed by atoms with Gasteiger partial charge < -0.3 is 5.11 Å². The van der Waals surface area contributed by atoms with Gasteiger partial charge in [0, 0.05) is 20.3 Å². The highest BCUT2D eigenvalue weighted by atomic mass is 79.9. The van der Waals surface area contributed by atoms with Crippen LogP contribution in [-0.2, 0) is 0 Å². The second-order valence-corrected chi connectivity index (χ2v) is 5.53. The highest BCUT2D eigenvalue weighted by molar-refractivity contribution is 9.10. The lowest BCUT2D eigenvalue weighted by atomic mass is 10.1. The summed E-state index contributed by atoms with van der Waals surface area (Å²) in [5.74, 6) is -0.430. The van der Waals surface area contributed by atoms with E-state index in [4.69, 9.17) is 11.6 Å². The van der Waals surface area contributed by atoms with Gasteiger partial charge in [0.2, 0.25) is 0 Å². The molecule has 0 radical (unpaired) electrons. The number of thiophene rings is 1. The molecule has 1 unspecified atom stereocenters. The van der Waals surface area contributed by atoms with Gasteiger partial charge in [0.25, 0.3) is 0 Å². The smallest absolute Gasteiger partial charge is 0.129 e. The molecule has 0 amide bonds. The monoisotopic (exact) mass is 320 g/mol. The SMILES string of the molecule is OC(c1cc(Cl)cs1)c1cc(Br)ccc1F. The maximum Gasteiger partial charge on any atom is 0.129 e. The van der Waals surface area contributed by atoms with Crippen molar-refractivity contribution in [2.75, 3.05) is 0 Å². The first-order chi connectivity index (χ1) is 7.58. The van der Waals surface area contributed by atoms with E-state index in [9.17, 15) is 9.50 Å². The molecule has 0 saturated carbocycles. The van der Waals surface area contributed by atoms with Gasteiger partial charge in [0.05, 0.1) is 5.02 Å². The van der Waals surface area contributed by atoms with Crippen molar-refractivity contribution in [1.82, 2.24) is 0 Å². The van der Waals surface area contributed by atoms with Gasteiger partial charge in [-0.25, -0.2) is 4.39 Å². The van der Waals surface area contributed by atoms with Crippen LogP contribution in [0.3, 0.4) is 0 Å². The Morgan fingerprint density at radius 1 is 1.38 bits per heavy atom. The average molecular weight is 322 g/mol. The highest BCUT2D eigenvalue weighted by Gasteiger charge is 2.17. The number of hydrogen-bond donors (Lipinski definition) is 1. The lowest BCUT2D eigenvalue weighted by molar-refractivity contribution is 0.218. The lowest BCUT2D eigenvalue weighted by Crippen LogP contribution is -2.00. The van der Waals surface area contributed by atoms with Crippen molar-refractivity contribution in [3.05, 3.63) is 55.4 Å². The number of rotatable bonds is 2. The molecule has 0 fully saturated rings. The van der Waals surface area contributed by atoms with E-state index in [0.29, 0.717) is 9.90 Å². The van der Waals surface area contributed by atoms with Crippen LogP contribution in [0.5, 0.6) is 0 Å². The minimum atomic E-state index is -0.977. The van der Waals surface area contributed by atoms with Gasteiger partial charge >= 0.3 is 0 Å². The van der Waals surface area contributed by atoms with Crippen molar-refractivity contribution >= 4 is 38.9 Å². The molecule has 0 aliphatic rings. The molecule has 1 N–H and O–H groups in total. The predicted octanol–water partition coefficient (Wildman–Crippen LogP) is 4.38. The van der Waals surface area contributed by atoms with Gasteiger partial charge in [-0.15, -0.1) is 11.3 Å². The Morgan fingerprint density at radius 2 is 2.12 bits per heavy atom. The zero-order valence-corrected chi connectivity index (χ0v) is 11.1. The Kier molecular flexibility index (Phi) is 3.64. The zero-order valence-electron chi connectivity index (χ0n) is 7.95. The zero-order chi connectivity index (χ0) is 11.7. The van der Waals surface area contributed by atoms with Crippen molar-refractivity contribution in [3.8, 4) is 0 Å². The Labute approximate surface area is 110 Å². The minimum Gasteiger partial charge on any atom is -0.383 e. The largest absolute Gasteiger partial charge is 0.383 e. The summed E-state index contributed by atoms with van der Waals surface area (Å²) in [6, 6.07) is 6.11. The van der Waals surface area contributed by atoms with Crippen molar-refractivity contribution < 1.29 is 9.50 Å². The standard InChI is InChI=1S/C11H7BrClFOS/c12-6-1-2-9(14)8(3-6)11(15)10-4-7(13)5-16-10/h1-5,11,15H. The summed E-state index contributed by atoms with van der Waals surface area (Å²) in [6.07, 6.45) is -0.977. The third-order valence-corrected chi connectivity index (χ3v) is 3.94. The fourth-order valence-electron chi connectivity index (χ4n) is 1.35. The van der Waals surface area contributed by atoms with E-state index in [1.807, 2.05) is 0 Å². The van der Waals surface area contributed by atoms with Gasteiger partial charge in [0.15, 0.2) is 0 Å². The topological polar surface area (TPSA) is 20.2 Å². The Bertz CT molecular complexity index is 514. The summed E-state index contributed by atoms with van der Waals surface area (Å²) in [5.41, 5.74) is 0.243. The average Bonchev–Trinajstić information content (AvgIpc) is 2.67. The van der Waals surface area contributed by atoms with Crippen molar-refractivity contribution in [2.45, 2.75) is 6.10 Å². The number of hydrogen-bond acceptors (Lipinski definition) is 2. The first kappa shape index (κ1) is 12.0. The Balaban J connectivity index is 2.40. The van der Waals surface area contributed by atoms with Gasteiger partial charge in [0.1, 0.15) is 11.9 Å². The van der Waals surface area contributed by atoms with Crippen LogP contribution in [0.2, 0.25) is 5.02 Å². The van der Waals surface area contributed by atoms with Gasteiger partial charge in [-0.1, -0.05) is 27.5 Å². The molecule has 2 rings (SSSR count). The maximum atomic E-state index is 13.5. The third-order valence-electron chi connectivity index (χ3n) is 2.11. The summed E-state index contributed by atoms with van der Waals surface area (Å²) in [4.78, 5) is 0.627. The molecule has 1 nitrogen and oxygen atoms in total. The van der Waals surface area contributed by atoms with Crippen LogP contribution in [0.4, 0.5) is 4.39 Å². The quantitative estimate of drug-likeness (QED) is 0.870. The molecule has 84 valence electrons. The fourth-order valence-corrected chi connectivity index (χ4v) is 2.81. The van der Waals surface area contributed by atoms with E-state index >= 15 is 0 Å². The molecule has 0 aliphatic heterocycles. The molecule has 16 heavy (non-hydrogen) atoms. The van der Waals surface area contributed by atoms with E-state index in [1.54, 1.807) is 23.6 Å². The molecule has 1 atom stereocenters.